The van der Waals surface area contributed by atoms with Crippen LogP contribution in [-0.2, 0) is 5.41 Å². The number of amides is 1. The number of carbonyl (C=O) groups is 1. The van der Waals surface area contributed by atoms with Crippen LogP contribution in [0.2, 0.25) is 0 Å². The van der Waals surface area contributed by atoms with Gasteiger partial charge in [-0.2, -0.15) is 0 Å². The van der Waals surface area contributed by atoms with E-state index in [9.17, 15) is 15.0 Å². The molecule has 1 aromatic carbocycles. The van der Waals surface area contributed by atoms with Gasteiger partial charge in [0, 0.05) is 5.56 Å². The van der Waals surface area contributed by atoms with Crippen LogP contribution in [0.15, 0.2) is 23.2 Å². The number of aliphatic imine (C=N–C) groups is 1. The van der Waals surface area contributed by atoms with E-state index in [1.807, 2.05) is 12.1 Å². The number of rotatable bonds is 4. The Morgan fingerprint density at radius 2 is 2.15 bits per heavy atom. The normalized spacial score (nSPS) is 32.4. The molecule has 11 N–H and O–H groups in total. The first-order valence-electron chi connectivity index (χ1n) is 11.5. The fraction of sp³-hybridized carbons (Fsp3) is 0.591. The molecule has 1 spiro atoms. The molecule has 0 aliphatic carbocycles. The van der Waals surface area contributed by atoms with E-state index in [1.165, 1.54) is 0 Å². The molecule has 1 aromatic rings. The average Bonchev–Trinajstić information content (AvgIpc) is 3.23. The van der Waals surface area contributed by atoms with Gasteiger partial charge in [0.25, 0.3) is 11.6 Å². The number of aliphatic hydroxyl groups is 2. The Morgan fingerprint density at radius 3 is 2.88 bits per heavy atom. The minimum Gasteiger partial charge on any atom is -0.492 e. The third-order valence-electron chi connectivity index (χ3n) is 7.61. The Kier molecular flexibility index (Phi) is 4.97. The number of nitrogens with zero attached hydrogens (tertiary/aromatic N) is 2. The predicted octanol–water partition coefficient (Wildman–Crippen LogP) is -4.05. The third kappa shape index (κ3) is 2.98. The Labute approximate surface area is 197 Å². The zero-order valence-corrected chi connectivity index (χ0v) is 19.3. The van der Waals surface area contributed by atoms with Crippen molar-refractivity contribution in [3.8, 4) is 5.75 Å². The molecule has 2 unspecified atom stereocenters. The molecule has 0 radical (unpaired) electrons. The number of fused-ring (bicyclic) bond motifs is 1. The number of ether oxygens (including phenoxy) is 1. The molecule has 4 aliphatic rings. The Balaban J connectivity index is 1.48. The van der Waals surface area contributed by atoms with Crippen LogP contribution in [0, 0.1) is 0 Å². The van der Waals surface area contributed by atoms with Gasteiger partial charge in [0.1, 0.15) is 11.8 Å². The fourth-order valence-corrected chi connectivity index (χ4v) is 5.76. The van der Waals surface area contributed by atoms with Gasteiger partial charge in [0.2, 0.25) is 5.79 Å². The SMILES string of the molecule is CC1(C)CCOc2c(C(=O)NC3CN4C(N)=N[C@@H](CCN)[C@@H]5[NH+]=C(N)NC54C3(O)O)cccc21. The summed E-state index contributed by atoms with van der Waals surface area (Å²) in [6.45, 7) is 5.04. The van der Waals surface area contributed by atoms with Gasteiger partial charge in [0.15, 0.2) is 12.0 Å². The van der Waals surface area contributed by atoms with Gasteiger partial charge in [-0.15, -0.1) is 0 Å². The smallest absolute Gasteiger partial charge is 0.343 e. The first-order valence-corrected chi connectivity index (χ1v) is 11.5. The molecule has 1 saturated heterocycles. The zero-order chi connectivity index (χ0) is 24.5. The number of nitrogens with one attached hydrogen (secondary N) is 3. The van der Waals surface area contributed by atoms with Crippen molar-refractivity contribution in [1.29, 1.82) is 0 Å². The molecule has 0 bridgehead atoms. The highest BCUT2D eigenvalue weighted by Crippen LogP contribution is 2.43. The van der Waals surface area contributed by atoms with E-state index in [1.54, 1.807) is 11.0 Å². The number of carbonyl (C=O) groups excluding carboxylic acids is 1. The minimum absolute atomic E-state index is 0.00323. The summed E-state index contributed by atoms with van der Waals surface area (Å²) >= 11 is 0. The van der Waals surface area contributed by atoms with Gasteiger partial charge in [-0.3, -0.25) is 20.4 Å². The number of hydrogen-bond acceptors (Lipinski definition) is 10. The second-order valence-corrected chi connectivity index (χ2v) is 10.1. The lowest BCUT2D eigenvalue weighted by Crippen LogP contribution is -2.90. The largest absolute Gasteiger partial charge is 0.492 e. The van der Waals surface area contributed by atoms with Gasteiger partial charge >= 0.3 is 5.96 Å². The molecule has 4 heterocycles. The van der Waals surface area contributed by atoms with Crippen molar-refractivity contribution >= 4 is 17.8 Å². The van der Waals surface area contributed by atoms with Crippen molar-refractivity contribution < 1.29 is 24.7 Å². The molecule has 4 aliphatic heterocycles. The Bertz CT molecular complexity index is 1090. The molecule has 12 nitrogen and oxygen atoms in total. The average molecular weight is 474 g/mol. The number of para-hydroxylation sites is 1. The van der Waals surface area contributed by atoms with Gasteiger partial charge in [-0.1, -0.05) is 26.0 Å². The molecule has 1 fully saturated rings. The third-order valence-corrected chi connectivity index (χ3v) is 7.61. The highest BCUT2D eigenvalue weighted by molar-refractivity contribution is 5.98. The number of guanidine groups is 2. The molecule has 4 atom stereocenters. The van der Waals surface area contributed by atoms with Crippen molar-refractivity contribution in [3.05, 3.63) is 29.3 Å². The maximum Gasteiger partial charge on any atom is 0.343 e. The first kappa shape index (κ1) is 22.7. The van der Waals surface area contributed by atoms with Gasteiger partial charge < -0.3 is 31.7 Å². The number of hydrogen-bond donors (Lipinski definition) is 8. The lowest BCUT2D eigenvalue weighted by Gasteiger charge is -2.46. The summed E-state index contributed by atoms with van der Waals surface area (Å²) < 4.78 is 5.87. The summed E-state index contributed by atoms with van der Waals surface area (Å²) in [4.78, 5) is 22.5. The van der Waals surface area contributed by atoms with Gasteiger partial charge in [-0.05, 0) is 30.9 Å². The van der Waals surface area contributed by atoms with Crippen molar-refractivity contribution in [2.24, 2.45) is 22.2 Å². The lowest BCUT2D eigenvalue weighted by molar-refractivity contribution is -0.522. The van der Waals surface area contributed by atoms with E-state index in [2.05, 4.69) is 34.5 Å². The molecular weight excluding hydrogens is 440 g/mol. The van der Waals surface area contributed by atoms with Crippen LogP contribution in [0.3, 0.4) is 0 Å². The van der Waals surface area contributed by atoms with Gasteiger partial charge in [0.05, 0.1) is 24.8 Å². The van der Waals surface area contributed by atoms with Crippen LogP contribution >= 0.6 is 0 Å². The van der Waals surface area contributed by atoms with E-state index < -0.39 is 35.5 Å². The van der Waals surface area contributed by atoms with Crippen molar-refractivity contribution in [3.63, 3.8) is 0 Å². The second-order valence-electron chi connectivity index (χ2n) is 10.1. The zero-order valence-electron chi connectivity index (χ0n) is 19.3. The van der Waals surface area contributed by atoms with E-state index in [0.717, 1.165) is 12.0 Å². The van der Waals surface area contributed by atoms with Crippen LogP contribution in [0.5, 0.6) is 5.75 Å². The van der Waals surface area contributed by atoms with Crippen LogP contribution in [0.1, 0.15) is 42.6 Å². The van der Waals surface area contributed by atoms with Crippen LogP contribution in [0.25, 0.3) is 0 Å². The Hall–Kier alpha value is -3.09. The van der Waals surface area contributed by atoms with Gasteiger partial charge in [-0.25, -0.2) is 10.3 Å². The molecule has 184 valence electrons. The minimum atomic E-state index is -2.45. The first-order chi connectivity index (χ1) is 16.0. The molecule has 0 saturated carbocycles. The topological polar surface area (TPSA) is 198 Å². The van der Waals surface area contributed by atoms with Crippen molar-refractivity contribution in [1.82, 2.24) is 15.5 Å². The monoisotopic (exact) mass is 473 g/mol. The summed E-state index contributed by atoms with van der Waals surface area (Å²) in [5, 5.41) is 28.8. The van der Waals surface area contributed by atoms with Crippen molar-refractivity contribution in [2.75, 3.05) is 19.7 Å². The summed E-state index contributed by atoms with van der Waals surface area (Å²) in [7, 11) is 0. The highest BCUT2D eigenvalue weighted by atomic mass is 16.5. The maximum atomic E-state index is 13.4. The second kappa shape index (κ2) is 7.45. The van der Waals surface area contributed by atoms with Crippen LogP contribution < -0.4 is 37.6 Å². The fourth-order valence-electron chi connectivity index (χ4n) is 5.76. The standard InChI is InChI=1S/C22H32N8O4/c1-20(2)7-9-34-15-11(4-3-5-12(15)20)17(31)27-14-10-30-19(25)26-13(6-8-23)16-21(30,22(14,32)33)29-18(24)28-16/h3-5,13-14,16,32-33H,6-10,23H2,1-2H3,(H2,25,26)(H,27,31)(H3,24,28,29)/p+1/t13-,14?,16-,21?/m0/s1. The lowest BCUT2D eigenvalue weighted by atomic mass is 9.79. The molecule has 34 heavy (non-hydrogen) atoms. The van der Waals surface area contributed by atoms with E-state index >= 15 is 0 Å². The molecular formula is C22H33N8O4+. The number of benzene rings is 1. The van der Waals surface area contributed by atoms with E-state index in [0.29, 0.717) is 30.9 Å². The van der Waals surface area contributed by atoms with Crippen LogP contribution in [-0.4, -0.2) is 82.2 Å². The summed E-state index contributed by atoms with van der Waals surface area (Å²) in [6, 6.07) is 3.24. The summed E-state index contributed by atoms with van der Waals surface area (Å²) in [5.74, 6) is -2.13. The maximum absolute atomic E-state index is 13.4. The van der Waals surface area contributed by atoms with Crippen molar-refractivity contribution in [2.45, 2.75) is 61.7 Å². The molecule has 0 aromatic heterocycles. The summed E-state index contributed by atoms with van der Waals surface area (Å²) in [5.41, 5.74) is 17.6. The van der Waals surface area contributed by atoms with E-state index in [-0.39, 0.29) is 23.9 Å². The van der Waals surface area contributed by atoms with Crippen LogP contribution in [0.4, 0.5) is 0 Å². The predicted molar refractivity (Wildman–Crippen MR) is 124 cm³/mol. The molecule has 1 amide bonds. The molecule has 5 rings (SSSR count). The number of nitrogens with two attached hydrogens (primary N) is 3. The Morgan fingerprint density at radius 1 is 1.38 bits per heavy atom. The highest BCUT2D eigenvalue weighted by Gasteiger charge is 2.76. The molecule has 12 heteroatoms. The summed E-state index contributed by atoms with van der Waals surface area (Å²) in [6.07, 6.45) is 1.29. The van der Waals surface area contributed by atoms with E-state index in [4.69, 9.17) is 21.9 Å². The quantitative estimate of drug-likeness (QED) is 0.201.